The molecule has 230 valence electrons. The van der Waals surface area contributed by atoms with Gasteiger partial charge in [-0.15, -0.1) is 0 Å². The quantitative estimate of drug-likeness (QED) is 0.176. The summed E-state index contributed by atoms with van der Waals surface area (Å²) in [4.78, 5) is 21.9. The molecule has 2 aliphatic rings. The molecule has 4 rings (SSSR count). The van der Waals surface area contributed by atoms with E-state index in [-0.39, 0.29) is 11.9 Å². The molecule has 3 N–H and O–H groups in total. The second-order valence-electron chi connectivity index (χ2n) is 11.6. The highest BCUT2D eigenvalue weighted by Gasteiger charge is 2.26. The maximum absolute atomic E-state index is 12.4. The van der Waals surface area contributed by atoms with Crippen molar-refractivity contribution in [3.8, 4) is 16.9 Å². The number of carbonyl (C=O) groups is 1. The number of amides is 1. The van der Waals surface area contributed by atoms with Gasteiger partial charge in [0.15, 0.2) is 5.96 Å². The van der Waals surface area contributed by atoms with Crippen molar-refractivity contribution < 1.29 is 14.3 Å². The van der Waals surface area contributed by atoms with E-state index in [0.717, 1.165) is 54.3 Å². The Morgan fingerprint density at radius 3 is 2.45 bits per heavy atom. The minimum Gasteiger partial charge on any atom is -0.493 e. The van der Waals surface area contributed by atoms with Crippen molar-refractivity contribution in [2.24, 2.45) is 10.7 Å². The molecule has 0 aromatic heterocycles. The summed E-state index contributed by atoms with van der Waals surface area (Å²) in [6, 6.07) is 16.0. The number of aliphatic imine (C=N–C) groups is 1. The third-order valence-electron chi connectivity index (χ3n) is 8.38. The van der Waals surface area contributed by atoms with Crippen LogP contribution in [0.1, 0.15) is 69.4 Å². The molecule has 8 heteroatoms. The second kappa shape index (κ2) is 17.2. The lowest BCUT2D eigenvalue weighted by molar-refractivity contribution is -0.119. The van der Waals surface area contributed by atoms with Crippen LogP contribution in [-0.2, 0) is 22.5 Å². The molecule has 0 bridgehead atoms. The molecule has 1 amide bonds. The number of ether oxygens (including phenoxy) is 2. The molecule has 2 aromatic rings. The highest BCUT2D eigenvalue weighted by molar-refractivity contribution is 5.96. The molecule has 0 aliphatic carbocycles. The van der Waals surface area contributed by atoms with Gasteiger partial charge in [-0.25, -0.2) is 0 Å². The zero-order chi connectivity index (χ0) is 29.6. The average molecular weight is 578 g/mol. The molecule has 0 atom stereocenters. The predicted octanol–water partition coefficient (Wildman–Crippen LogP) is 4.99. The lowest BCUT2D eigenvalue weighted by atomic mass is 9.99. The number of likely N-dealkylation sites (tertiary alicyclic amines) is 2. The summed E-state index contributed by atoms with van der Waals surface area (Å²) in [6.45, 7) is 9.91. The van der Waals surface area contributed by atoms with Gasteiger partial charge in [0.2, 0.25) is 5.91 Å². The van der Waals surface area contributed by atoms with Crippen LogP contribution in [0.15, 0.2) is 47.5 Å². The van der Waals surface area contributed by atoms with Crippen LogP contribution < -0.4 is 15.8 Å². The molecule has 2 aliphatic heterocycles. The molecule has 8 nitrogen and oxygen atoms in total. The SMILES string of the molecule is CCCCN=C(N)NC(=O)CCc1ccc(-c2ccc(CN3CCC(N4CCCC4)CC3)cc2)c(OCCCOC)c1. The van der Waals surface area contributed by atoms with Crippen molar-refractivity contribution in [2.45, 2.75) is 77.3 Å². The summed E-state index contributed by atoms with van der Waals surface area (Å²) >= 11 is 0. The van der Waals surface area contributed by atoms with Crippen LogP contribution in [0.3, 0.4) is 0 Å². The van der Waals surface area contributed by atoms with E-state index < -0.39 is 0 Å². The Kier molecular flexibility index (Phi) is 13.1. The zero-order valence-corrected chi connectivity index (χ0v) is 25.8. The number of hydrogen-bond donors (Lipinski definition) is 2. The number of hydrogen-bond acceptors (Lipinski definition) is 6. The highest BCUT2D eigenvalue weighted by atomic mass is 16.5. The molecule has 42 heavy (non-hydrogen) atoms. The second-order valence-corrected chi connectivity index (χ2v) is 11.6. The van der Waals surface area contributed by atoms with Gasteiger partial charge >= 0.3 is 0 Å². The topological polar surface area (TPSA) is 92.4 Å². The van der Waals surface area contributed by atoms with Crippen LogP contribution in [0, 0.1) is 0 Å². The van der Waals surface area contributed by atoms with Gasteiger partial charge in [0.25, 0.3) is 0 Å². The fourth-order valence-electron chi connectivity index (χ4n) is 5.92. The number of benzene rings is 2. The van der Waals surface area contributed by atoms with Crippen LogP contribution in [-0.4, -0.2) is 80.8 Å². The lowest BCUT2D eigenvalue weighted by Gasteiger charge is -2.36. The number of unbranched alkanes of at least 4 members (excludes halogenated alkanes) is 1. The number of carbonyl (C=O) groups excluding carboxylic acids is 1. The molecule has 2 aromatic carbocycles. The van der Waals surface area contributed by atoms with E-state index in [1.54, 1.807) is 7.11 Å². The fourth-order valence-corrected chi connectivity index (χ4v) is 5.92. The minimum absolute atomic E-state index is 0.129. The van der Waals surface area contributed by atoms with Gasteiger partial charge in [0, 0.05) is 51.3 Å². The Morgan fingerprint density at radius 2 is 1.74 bits per heavy atom. The summed E-state index contributed by atoms with van der Waals surface area (Å²) in [5.74, 6) is 0.901. The first kappa shape index (κ1) is 32.0. The minimum atomic E-state index is -0.129. The number of nitrogens with two attached hydrogens (primary N) is 1. The third kappa shape index (κ3) is 10.1. The maximum atomic E-state index is 12.4. The molecular formula is C34H51N5O3. The Hall–Kier alpha value is -2.94. The Balaban J connectivity index is 1.35. The first-order chi connectivity index (χ1) is 20.6. The summed E-state index contributed by atoms with van der Waals surface area (Å²) in [5.41, 5.74) is 10.4. The van der Waals surface area contributed by atoms with Crippen molar-refractivity contribution in [2.75, 3.05) is 53.0 Å². The fraction of sp³-hybridized carbons (Fsp3) is 0.588. The van der Waals surface area contributed by atoms with Gasteiger partial charge in [-0.05, 0) is 87.5 Å². The van der Waals surface area contributed by atoms with E-state index in [4.69, 9.17) is 15.2 Å². The van der Waals surface area contributed by atoms with Crippen molar-refractivity contribution in [1.29, 1.82) is 0 Å². The first-order valence-electron chi connectivity index (χ1n) is 16.0. The van der Waals surface area contributed by atoms with E-state index in [1.807, 2.05) is 0 Å². The third-order valence-corrected chi connectivity index (χ3v) is 8.38. The van der Waals surface area contributed by atoms with Crippen LogP contribution in [0.5, 0.6) is 5.75 Å². The highest BCUT2D eigenvalue weighted by Crippen LogP contribution is 2.32. The average Bonchev–Trinajstić information content (AvgIpc) is 3.55. The molecular weight excluding hydrogens is 526 g/mol. The Bertz CT molecular complexity index is 1120. The van der Waals surface area contributed by atoms with Gasteiger partial charge in [0.1, 0.15) is 5.75 Å². The van der Waals surface area contributed by atoms with Crippen LogP contribution in [0.4, 0.5) is 0 Å². The van der Waals surface area contributed by atoms with Crippen molar-refractivity contribution >= 4 is 11.9 Å². The molecule has 0 radical (unpaired) electrons. The van der Waals surface area contributed by atoms with E-state index in [0.29, 0.717) is 32.6 Å². The molecule has 2 saturated heterocycles. The van der Waals surface area contributed by atoms with E-state index >= 15 is 0 Å². The van der Waals surface area contributed by atoms with Crippen molar-refractivity contribution in [3.05, 3.63) is 53.6 Å². The number of methoxy groups -OCH3 is 1. The maximum Gasteiger partial charge on any atom is 0.226 e. The standard InChI is InChI=1S/C34H51N5O3/c1-3-4-18-36-34(35)37-33(40)15-11-27-10-14-31(32(25-27)42-24-7-23-41-2)29-12-8-28(9-13-29)26-38-21-16-30(17-22-38)39-19-5-6-20-39/h8-10,12-14,25,30H,3-7,11,15-24,26H2,1-2H3,(H3,35,36,37,40). The predicted molar refractivity (Wildman–Crippen MR) is 171 cm³/mol. The molecule has 0 unspecified atom stereocenters. The number of aryl methyl sites for hydroxylation is 1. The van der Waals surface area contributed by atoms with E-state index in [2.05, 4.69) is 69.5 Å². The van der Waals surface area contributed by atoms with Crippen LogP contribution >= 0.6 is 0 Å². The van der Waals surface area contributed by atoms with Crippen LogP contribution in [0.2, 0.25) is 0 Å². The number of nitrogens with one attached hydrogen (secondary N) is 1. The summed E-state index contributed by atoms with van der Waals surface area (Å²) in [7, 11) is 1.70. The van der Waals surface area contributed by atoms with Gasteiger partial charge in [-0.3, -0.25) is 20.0 Å². The monoisotopic (exact) mass is 577 g/mol. The summed E-state index contributed by atoms with van der Waals surface area (Å²) < 4.78 is 11.4. The molecule has 0 saturated carbocycles. The lowest BCUT2D eigenvalue weighted by Crippen LogP contribution is -2.43. The number of piperidine rings is 1. The molecule has 2 heterocycles. The summed E-state index contributed by atoms with van der Waals surface area (Å²) in [6.07, 6.45) is 9.05. The van der Waals surface area contributed by atoms with Crippen LogP contribution in [0.25, 0.3) is 11.1 Å². The van der Waals surface area contributed by atoms with Gasteiger partial charge in [0.05, 0.1) is 6.61 Å². The summed E-state index contributed by atoms with van der Waals surface area (Å²) in [5, 5.41) is 2.70. The van der Waals surface area contributed by atoms with E-state index in [9.17, 15) is 4.79 Å². The van der Waals surface area contributed by atoms with Gasteiger partial charge < -0.3 is 20.1 Å². The molecule has 2 fully saturated rings. The van der Waals surface area contributed by atoms with Gasteiger partial charge in [-0.1, -0.05) is 49.7 Å². The number of nitrogens with zero attached hydrogens (tertiary/aromatic N) is 3. The Morgan fingerprint density at radius 1 is 1.00 bits per heavy atom. The van der Waals surface area contributed by atoms with Crippen molar-refractivity contribution in [3.63, 3.8) is 0 Å². The van der Waals surface area contributed by atoms with E-state index in [1.165, 1.54) is 57.4 Å². The number of guanidine groups is 1. The smallest absolute Gasteiger partial charge is 0.226 e. The normalized spacial score (nSPS) is 17.0. The first-order valence-corrected chi connectivity index (χ1v) is 16.0. The van der Waals surface area contributed by atoms with Gasteiger partial charge in [-0.2, -0.15) is 0 Å². The zero-order valence-electron chi connectivity index (χ0n) is 25.8. The Labute approximate surface area is 252 Å². The largest absolute Gasteiger partial charge is 0.493 e. The number of rotatable bonds is 15. The molecule has 0 spiro atoms. The van der Waals surface area contributed by atoms with Crippen molar-refractivity contribution in [1.82, 2.24) is 15.1 Å².